The molecule has 0 radical (unpaired) electrons. The van der Waals surface area contributed by atoms with Crippen LogP contribution in [0, 0.1) is 5.92 Å². The SMILES string of the molecule is c1nn(CCC2CCCCC2)cc1CNC1CC1. The molecule has 2 saturated carbocycles. The lowest BCUT2D eigenvalue weighted by atomic mass is 9.87. The maximum absolute atomic E-state index is 4.48. The largest absolute Gasteiger partial charge is 0.310 e. The number of nitrogens with one attached hydrogen (secondary N) is 1. The van der Waals surface area contributed by atoms with Crippen molar-refractivity contribution in [3.8, 4) is 0 Å². The first-order valence-corrected chi connectivity index (χ1v) is 7.65. The molecule has 1 aromatic heterocycles. The van der Waals surface area contributed by atoms with Gasteiger partial charge in [0.05, 0.1) is 6.20 Å². The summed E-state index contributed by atoms with van der Waals surface area (Å²) in [6, 6.07) is 0.788. The third-order valence-corrected chi connectivity index (χ3v) is 4.35. The van der Waals surface area contributed by atoms with Gasteiger partial charge in [-0.15, -0.1) is 0 Å². The molecule has 18 heavy (non-hydrogen) atoms. The highest BCUT2D eigenvalue weighted by atomic mass is 15.3. The summed E-state index contributed by atoms with van der Waals surface area (Å²) in [4.78, 5) is 0. The van der Waals surface area contributed by atoms with Crippen LogP contribution in [0.25, 0.3) is 0 Å². The van der Waals surface area contributed by atoms with Crippen molar-refractivity contribution in [2.24, 2.45) is 5.92 Å². The Hall–Kier alpha value is -0.830. The van der Waals surface area contributed by atoms with E-state index < -0.39 is 0 Å². The van der Waals surface area contributed by atoms with Crippen molar-refractivity contribution in [2.45, 2.75) is 70.5 Å². The Morgan fingerprint density at radius 1 is 1.17 bits per heavy atom. The Morgan fingerprint density at radius 2 is 2.00 bits per heavy atom. The molecule has 1 N–H and O–H groups in total. The number of nitrogens with zero attached hydrogens (tertiary/aromatic N) is 2. The van der Waals surface area contributed by atoms with Gasteiger partial charge in [0, 0.05) is 30.9 Å². The van der Waals surface area contributed by atoms with Crippen LogP contribution in [-0.4, -0.2) is 15.8 Å². The minimum Gasteiger partial charge on any atom is -0.310 e. The molecule has 0 unspecified atom stereocenters. The van der Waals surface area contributed by atoms with Crippen LogP contribution in [0.2, 0.25) is 0 Å². The van der Waals surface area contributed by atoms with Crippen molar-refractivity contribution >= 4 is 0 Å². The zero-order chi connectivity index (χ0) is 12.2. The molecule has 2 aliphatic carbocycles. The molecule has 3 heteroatoms. The van der Waals surface area contributed by atoms with Crippen LogP contribution >= 0.6 is 0 Å². The van der Waals surface area contributed by atoms with Crippen molar-refractivity contribution in [3.63, 3.8) is 0 Å². The van der Waals surface area contributed by atoms with Gasteiger partial charge in [0.2, 0.25) is 0 Å². The summed E-state index contributed by atoms with van der Waals surface area (Å²) in [5, 5.41) is 8.01. The van der Waals surface area contributed by atoms with Crippen molar-refractivity contribution in [2.75, 3.05) is 0 Å². The van der Waals surface area contributed by atoms with Gasteiger partial charge in [0.15, 0.2) is 0 Å². The van der Waals surface area contributed by atoms with Crippen LogP contribution in [0.5, 0.6) is 0 Å². The van der Waals surface area contributed by atoms with E-state index in [2.05, 4.69) is 21.3 Å². The highest BCUT2D eigenvalue weighted by molar-refractivity contribution is 5.04. The predicted octanol–water partition coefficient (Wildman–Crippen LogP) is 3.11. The average molecular weight is 247 g/mol. The van der Waals surface area contributed by atoms with Gasteiger partial charge in [-0.05, 0) is 25.2 Å². The van der Waals surface area contributed by atoms with E-state index >= 15 is 0 Å². The molecular formula is C15H25N3. The first-order valence-electron chi connectivity index (χ1n) is 7.65. The Kier molecular flexibility index (Phi) is 3.99. The predicted molar refractivity (Wildman–Crippen MR) is 73.3 cm³/mol. The Balaban J connectivity index is 1.41. The fourth-order valence-electron chi connectivity index (χ4n) is 2.96. The van der Waals surface area contributed by atoms with Crippen molar-refractivity contribution < 1.29 is 0 Å². The number of hydrogen-bond donors (Lipinski definition) is 1. The topological polar surface area (TPSA) is 29.9 Å². The van der Waals surface area contributed by atoms with Gasteiger partial charge in [-0.1, -0.05) is 32.1 Å². The van der Waals surface area contributed by atoms with Crippen LogP contribution in [0.3, 0.4) is 0 Å². The minimum absolute atomic E-state index is 0.788. The summed E-state index contributed by atoms with van der Waals surface area (Å²) in [6.45, 7) is 2.10. The van der Waals surface area contributed by atoms with Crippen molar-refractivity contribution in [1.29, 1.82) is 0 Å². The minimum atomic E-state index is 0.788. The summed E-state index contributed by atoms with van der Waals surface area (Å²) < 4.78 is 2.14. The highest BCUT2D eigenvalue weighted by Gasteiger charge is 2.20. The molecule has 1 aromatic rings. The molecular weight excluding hydrogens is 222 g/mol. The molecule has 1 heterocycles. The van der Waals surface area contributed by atoms with Gasteiger partial charge in [0.1, 0.15) is 0 Å². The van der Waals surface area contributed by atoms with E-state index in [1.807, 2.05) is 6.20 Å². The van der Waals surface area contributed by atoms with Crippen LogP contribution in [0.15, 0.2) is 12.4 Å². The normalized spacial score (nSPS) is 21.3. The molecule has 0 saturated heterocycles. The van der Waals surface area contributed by atoms with Crippen LogP contribution < -0.4 is 5.32 Å². The number of hydrogen-bond acceptors (Lipinski definition) is 2. The fraction of sp³-hybridized carbons (Fsp3) is 0.800. The summed E-state index contributed by atoms with van der Waals surface area (Å²) >= 11 is 0. The summed E-state index contributed by atoms with van der Waals surface area (Å²) in [5.41, 5.74) is 1.34. The van der Waals surface area contributed by atoms with Gasteiger partial charge in [-0.25, -0.2) is 0 Å². The quantitative estimate of drug-likeness (QED) is 0.837. The second-order valence-electron chi connectivity index (χ2n) is 6.06. The fourth-order valence-corrected chi connectivity index (χ4v) is 2.96. The van der Waals surface area contributed by atoms with Gasteiger partial charge < -0.3 is 5.32 Å². The van der Waals surface area contributed by atoms with E-state index in [1.54, 1.807) is 0 Å². The lowest BCUT2D eigenvalue weighted by Crippen LogP contribution is -2.14. The molecule has 0 spiro atoms. The smallest absolute Gasteiger partial charge is 0.0534 e. The van der Waals surface area contributed by atoms with Crippen molar-refractivity contribution in [3.05, 3.63) is 18.0 Å². The molecule has 0 amide bonds. The highest BCUT2D eigenvalue weighted by Crippen LogP contribution is 2.26. The first-order chi connectivity index (χ1) is 8.90. The monoisotopic (exact) mass is 247 g/mol. The standard InChI is InChI=1S/C15H25N3/c1-2-4-13(5-3-1)8-9-18-12-14(11-17-18)10-16-15-6-7-15/h11-13,15-16H,1-10H2. The maximum Gasteiger partial charge on any atom is 0.0534 e. The van der Waals surface area contributed by atoms with E-state index in [0.29, 0.717) is 0 Å². The zero-order valence-corrected chi connectivity index (χ0v) is 11.3. The molecule has 2 fully saturated rings. The Labute approximate surface area is 110 Å². The van der Waals surface area contributed by atoms with Gasteiger partial charge in [-0.2, -0.15) is 5.10 Å². The second-order valence-corrected chi connectivity index (χ2v) is 6.06. The van der Waals surface area contributed by atoms with E-state index in [4.69, 9.17) is 0 Å². The molecule has 0 bridgehead atoms. The van der Waals surface area contributed by atoms with E-state index in [0.717, 1.165) is 25.0 Å². The summed E-state index contributed by atoms with van der Waals surface area (Å²) in [6.07, 6.45) is 15.5. The molecule has 3 rings (SSSR count). The maximum atomic E-state index is 4.48. The molecule has 0 aliphatic heterocycles. The summed E-state index contributed by atoms with van der Waals surface area (Å²) in [7, 11) is 0. The second kappa shape index (κ2) is 5.87. The van der Waals surface area contributed by atoms with Crippen LogP contribution in [0.1, 0.15) is 56.9 Å². The lowest BCUT2D eigenvalue weighted by molar-refractivity contribution is 0.319. The third-order valence-electron chi connectivity index (χ3n) is 4.35. The van der Waals surface area contributed by atoms with Gasteiger partial charge >= 0.3 is 0 Å². The van der Waals surface area contributed by atoms with Crippen molar-refractivity contribution in [1.82, 2.24) is 15.1 Å². The summed E-state index contributed by atoms with van der Waals surface area (Å²) in [5.74, 6) is 0.955. The van der Waals surface area contributed by atoms with E-state index in [1.165, 1.54) is 56.9 Å². The molecule has 0 aromatic carbocycles. The van der Waals surface area contributed by atoms with E-state index in [9.17, 15) is 0 Å². The van der Waals surface area contributed by atoms with Gasteiger partial charge in [0.25, 0.3) is 0 Å². The Morgan fingerprint density at radius 3 is 2.78 bits per heavy atom. The number of aromatic nitrogens is 2. The number of aryl methyl sites for hydroxylation is 1. The van der Waals surface area contributed by atoms with Crippen LogP contribution in [0.4, 0.5) is 0 Å². The lowest BCUT2D eigenvalue weighted by Gasteiger charge is -2.21. The average Bonchev–Trinajstić information content (AvgIpc) is 3.14. The molecule has 0 atom stereocenters. The van der Waals surface area contributed by atoms with E-state index in [-0.39, 0.29) is 0 Å². The van der Waals surface area contributed by atoms with Crippen LogP contribution in [-0.2, 0) is 13.1 Å². The molecule has 3 nitrogen and oxygen atoms in total. The zero-order valence-electron chi connectivity index (χ0n) is 11.3. The third kappa shape index (κ3) is 3.58. The molecule has 2 aliphatic rings. The van der Waals surface area contributed by atoms with Gasteiger partial charge in [-0.3, -0.25) is 4.68 Å². The Bertz CT molecular complexity index is 362. The first kappa shape index (κ1) is 12.2. The molecule has 100 valence electrons. The number of rotatable bonds is 6.